The Morgan fingerprint density at radius 1 is 1.22 bits per heavy atom. The average molecular weight is 314 g/mol. The summed E-state index contributed by atoms with van der Waals surface area (Å²) in [7, 11) is 0. The summed E-state index contributed by atoms with van der Waals surface area (Å²) in [4.78, 5) is 13.6. The van der Waals surface area contributed by atoms with Crippen LogP contribution < -0.4 is 0 Å². The van der Waals surface area contributed by atoms with E-state index in [0.717, 1.165) is 39.0 Å². The van der Waals surface area contributed by atoms with Gasteiger partial charge in [-0.3, -0.25) is 4.90 Å². The van der Waals surface area contributed by atoms with Crippen LogP contribution in [0.4, 0.5) is 4.79 Å². The predicted molar refractivity (Wildman–Crippen MR) is 87.3 cm³/mol. The van der Waals surface area contributed by atoms with Gasteiger partial charge in [-0.15, -0.1) is 0 Å². The molecule has 122 valence electrons. The van der Waals surface area contributed by atoms with Gasteiger partial charge in [-0.2, -0.15) is 0 Å². The van der Waals surface area contributed by atoms with Crippen molar-refractivity contribution >= 4 is 17.1 Å². The molecule has 1 aromatic heterocycles. The molecule has 0 saturated carbocycles. The van der Waals surface area contributed by atoms with Crippen LogP contribution in [0.1, 0.15) is 25.3 Å². The van der Waals surface area contributed by atoms with E-state index in [4.69, 9.17) is 9.47 Å². The van der Waals surface area contributed by atoms with E-state index < -0.39 is 6.16 Å². The molecule has 1 aromatic carbocycles. The SMILES string of the molecule is CCn1ccc2c(CN3CCC4(CC3)COC(=O)O4)cccc21. The zero-order valence-corrected chi connectivity index (χ0v) is 13.5. The molecule has 1 spiro atoms. The smallest absolute Gasteiger partial charge is 0.430 e. The van der Waals surface area contributed by atoms with E-state index in [-0.39, 0.29) is 5.60 Å². The van der Waals surface area contributed by atoms with E-state index in [0.29, 0.717) is 6.61 Å². The average Bonchev–Trinajstić information content (AvgIpc) is 3.14. The summed E-state index contributed by atoms with van der Waals surface area (Å²) in [6, 6.07) is 8.75. The number of carbonyl (C=O) groups is 1. The standard InChI is InChI=1S/C18H22N2O3/c1-2-20-9-6-15-14(4-3-5-16(15)20)12-19-10-7-18(8-11-19)13-22-17(21)23-18/h3-6,9H,2,7-8,10-13H2,1H3. The van der Waals surface area contributed by atoms with Crippen molar-refractivity contribution < 1.29 is 14.3 Å². The zero-order valence-electron chi connectivity index (χ0n) is 13.5. The summed E-state index contributed by atoms with van der Waals surface area (Å²) in [5, 5.41) is 1.34. The van der Waals surface area contributed by atoms with Gasteiger partial charge in [-0.1, -0.05) is 12.1 Å². The first-order valence-electron chi connectivity index (χ1n) is 8.34. The van der Waals surface area contributed by atoms with Gasteiger partial charge in [0.1, 0.15) is 6.61 Å². The minimum Gasteiger partial charge on any atom is -0.430 e. The Kier molecular flexibility index (Phi) is 3.53. The van der Waals surface area contributed by atoms with Gasteiger partial charge < -0.3 is 14.0 Å². The van der Waals surface area contributed by atoms with Crippen LogP contribution in [0.25, 0.3) is 10.9 Å². The number of likely N-dealkylation sites (tertiary alicyclic amines) is 1. The molecular formula is C18H22N2O3. The number of rotatable bonds is 3. The number of benzene rings is 1. The third-order valence-corrected chi connectivity index (χ3v) is 5.16. The monoisotopic (exact) mass is 314 g/mol. The number of aromatic nitrogens is 1. The topological polar surface area (TPSA) is 43.7 Å². The molecule has 2 aliphatic heterocycles. The number of nitrogens with zero attached hydrogens (tertiary/aromatic N) is 2. The number of piperidine rings is 1. The lowest BCUT2D eigenvalue weighted by Gasteiger charge is -2.36. The summed E-state index contributed by atoms with van der Waals surface area (Å²) < 4.78 is 12.7. The summed E-state index contributed by atoms with van der Waals surface area (Å²) in [5.74, 6) is 0. The van der Waals surface area contributed by atoms with E-state index in [1.807, 2.05) is 0 Å². The molecule has 2 aliphatic rings. The Morgan fingerprint density at radius 2 is 2.04 bits per heavy atom. The number of hydrogen-bond donors (Lipinski definition) is 0. The largest absolute Gasteiger partial charge is 0.509 e. The van der Waals surface area contributed by atoms with Crippen LogP contribution in [-0.4, -0.2) is 40.9 Å². The second kappa shape index (κ2) is 5.57. The Balaban J connectivity index is 1.47. The first-order valence-corrected chi connectivity index (χ1v) is 8.34. The number of carbonyl (C=O) groups excluding carboxylic acids is 1. The third kappa shape index (κ3) is 2.59. The molecule has 2 fully saturated rings. The second-order valence-corrected chi connectivity index (χ2v) is 6.55. The fraction of sp³-hybridized carbons (Fsp3) is 0.500. The lowest BCUT2D eigenvalue weighted by Crippen LogP contribution is -2.45. The van der Waals surface area contributed by atoms with Crippen molar-refractivity contribution in [3.05, 3.63) is 36.0 Å². The van der Waals surface area contributed by atoms with E-state index in [1.54, 1.807) is 0 Å². The highest BCUT2D eigenvalue weighted by Crippen LogP contribution is 2.32. The number of ether oxygens (including phenoxy) is 2. The highest BCUT2D eigenvalue weighted by molar-refractivity contribution is 5.83. The quantitative estimate of drug-likeness (QED) is 0.816. The van der Waals surface area contributed by atoms with Crippen molar-refractivity contribution in [3.8, 4) is 0 Å². The maximum Gasteiger partial charge on any atom is 0.509 e. The number of cyclic esters (lactones) is 1. The van der Waals surface area contributed by atoms with E-state index in [1.165, 1.54) is 16.5 Å². The van der Waals surface area contributed by atoms with Gasteiger partial charge in [0.15, 0.2) is 5.60 Å². The maximum atomic E-state index is 11.2. The molecule has 5 heteroatoms. The Labute approximate surface area is 135 Å². The van der Waals surface area contributed by atoms with Gasteiger partial charge in [0.05, 0.1) is 0 Å². The summed E-state index contributed by atoms with van der Waals surface area (Å²) in [6.45, 7) is 6.37. The van der Waals surface area contributed by atoms with Crippen molar-refractivity contribution in [2.24, 2.45) is 0 Å². The van der Waals surface area contributed by atoms with Gasteiger partial charge in [0.25, 0.3) is 0 Å². The molecule has 0 N–H and O–H groups in total. The van der Waals surface area contributed by atoms with Crippen LogP contribution in [0.15, 0.2) is 30.5 Å². The Hall–Kier alpha value is -2.01. The van der Waals surface area contributed by atoms with Gasteiger partial charge in [-0.05, 0) is 24.6 Å². The van der Waals surface area contributed by atoms with Gasteiger partial charge >= 0.3 is 6.16 Å². The molecule has 0 bridgehead atoms. The van der Waals surface area contributed by atoms with Crippen LogP contribution in [0, 0.1) is 0 Å². The molecule has 0 radical (unpaired) electrons. The van der Waals surface area contributed by atoms with Crippen molar-refractivity contribution in [1.82, 2.24) is 9.47 Å². The molecule has 23 heavy (non-hydrogen) atoms. The van der Waals surface area contributed by atoms with Crippen LogP contribution in [0.3, 0.4) is 0 Å². The van der Waals surface area contributed by atoms with Crippen molar-refractivity contribution in [3.63, 3.8) is 0 Å². The molecule has 0 unspecified atom stereocenters. The molecule has 0 atom stereocenters. The van der Waals surface area contributed by atoms with Crippen LogP contribution in [0.5, 0.6) is 0 Å². The molecule has 0 aliphatic carbocycles. The van der Waals surface area contributed by atoms with Crippen LogP contribution in [0.2, 0.25) is 0 Å². The van der Waals surface area contributed by atoms with Crippen molar-refractivity contribution in [2.75, 3.05) is 19.7 Å². The van der Waals surface area contributed by atoms with Gasteiger partial charge in [-0.25, -0.2) is 4.79 Å². The molecule has 2 aromatic rings. The fourth-order valence-corrected chi connectivity index (χ4v) is 3.73. The summed E-state index contributed by atoms with van der Waals surface area (Å²) in [6.07, 6.45) is 3.36. The minimum atomic E-state index is -0.510. The van der Waals surface area contributed by atoms with Gasteiger partial charge in [0.2, 0.25) is 0 Å². The maximum absolute atomic E-state index is 11.2. The summed E-state index contributed by atoms with van der Waals surface area (Å²) >= 11 is 0. The fourth-order valence-electron chi connectivity index (χ4n) is 3.73. The first kappa shape index (κ1) is 14.6. The molecular weight excluding hydrogens is 292 g/mol. The lowest BCUT2D eigenvalue weighted by atomic mass is 9.92. The Bertz CT molecular complexity index is 729. The van der Waals surface area contributed by atoms with E-state index in [9.17, 15) is 4.79 Å². The number of hydrogen-bond acceptors (Lipinski definition) is 4. The number of aryl methyl sites for hydroxylation is 1. The zero-order chi connectivity index (χ0) is 15.9. The van der Waals surface area contributed by atoms with Crippen molar-refractivity contribution in [1.29, 1.82) is 0 Å². The molecule has 4 rings (SSSR count). The van der Waals surface area contributed by atoms with Crippen LogP contribution in [-0.2, 0) is 22.6 Å². The highest BCUT2D eigenvalue weighted by Gasteiger charge is 2.44. The second-order valence-electron chi connectivity index (χ2n) is 6.55. The summed E-state index contributed by atoms with van der Waals surface area (Å²) in [5.41, 5.74) is 2.30. The van der Waals surface area contributed by atoms with E-state index in [2.05, 4.69) is 46.9 Å². The van der Waals surface area contributed by atoms with Crippen molar-refractivity contribution in [2.45, 2.75) is 38.5 Å². The molecule has 2 saturated heterocycles. The third-order valence-electron chi connectivity index (χ3n) is 5.16. The first-order chi connectivity index (χ1) is 11.2. The minimum absolute atomic E-state index is 0.370. The molecule has 0 amide bonds. The van der Waals surface area contributed by atoms with E-state index >= 15 is 0 Å². The van der Waals surface area contributed by atoms with Crippen LogP contribution >= 0.6 is 0 Å². The Morgan fingerprint density at radius 3 is 2.74 bits per heavy atom. The van der Waals surface area contributed by atoms with Gasteiger partial charge in [0, 0.05) is 56.1 Å². The molecule has 5 nitrogen and oxygen atoms in total. The predicted octanol–water partition coefficient (Wildman–Crippen LogP) is 3.16. The highest BCUT2D eigenvalue weighted by atomic mass is 16.8. The lowest BCUT2D eigenvalue weighted by molar-refractivity contribution is -0.00154. The normalized spacial score (nSPS) is 20.8. The molecule has 3 heterocycles. The number of fused-ring (bicyclic) bond motifs is 1.